The molecule has 0 bridgehead atoms. The van der Waals surface area contributed by atoms with Crippen LogP contribution >= 0.6 is 23.1 Å². The van der Waals surface area contributed by atoms with Crippen LogP contribution in [0.15, 0.2) is 34.2 Å². The Labute approximate surface area is 186 Å². The SMILES string of the molecule is CCC(C)Cc1c(C)sc2nc(SCC(=O)Nc3ccccc3OC(F)F)[nH]c(=O)c12. The van der Waals surface area contributed by atoms with Crippen LogP contribution in [0.25, 0.3) is 10.2 Å². The van der Waals surface area contributed by atoms with Crippen molar-refractivity contribution in [1.82, 2.24) is 9.97 Å². The molecule has 1 aromatic carbocycles. The van der Waals surface area contributed by atoms with Crippen molar-refractivity contribution in [2.75, 3.05) is 11.1 Å². The van der Waals surface area contributed by atoms with Gasteiger partial charge < -0.3 is 15.0 Å². The third kappa shape index (κ3) is 5.82. The van der Waals surface area contributed by atoms with Gasteiger partial charge in [0.05, 0.1) is 16.8 Å². The Kier molecular flexibility index (Phi) is 7.66. The molecule has 1 atom stereocenters. The molecule has 0 saturated heterocycles. The number of aromatic nitrogens is 2. The lowest BCUT2D eigenvalue weighted by Crippen LogP contribution is -2.17. The number of carbonyl (C=O) groups excluding carboxylic acids is 1. The Morgan fingerprint density at radius 1 is 1.35 bits per heavy atom. The van der Waals surface area contributed by atoms with Gasteiger partial charge in [0.2, 0.25) is 5.91 Å². The van der Waals surface area contributed by atoms with Crippen LogP contribution in [-0.2, 0) is 11.2 Å². The fourth-order valence-electron chi connectivity index (χ4n) is 3.05. The number of thioether (sulfide) groups is 1. The number of amides is 1. The summed E-state index contributed by atoms with van der Waals surface area (Å²) in [4.78, 5) is 34.0. The van der Waals surface area contributed by atoms with Gasteiger partial charge in [-0.3, -0.25) is 9.59 Å². The van der Waals surface area contributed by atoms with Gasteiger partial charge in [-0.2, -0.15) is 8.78 Å². The van der Waals surface area contributed by atoms with Crippen molar-refractivity contribution in [2.24, 2.45) is 5.92 Å². The number of benzene rings is 1. The fraction of sp³-hybridized carbons (Fsp3) is 0.381. The van der Waals surface area contributed by atoms with Gasteiger partial charge in [-0.25, -0.2) is 4.98 Å². The van der Waals surface area contributed by atoms with Crippen molar-refractivity contribution in [1.29, 1.82) is 0 Å². The minimum Gasteiger partial charge on any atom is -0.433 e. The highest BCUT2D eigenvalue weighted by Crippen LogP contribution is 2.31. The van der Waals surface area contributed by atoms with Crippen LogP contribution in [0, 0.1) is 12.8 Å². The minimum absolute atomic E-state index is 0.0540. The molecule has 0 aliphatic heterocycles. The van der Waals surface area contributed by atoms with E-state index in [1.54, 1.807) is 6.07 Å². The monoisotopic (exact) mass is 467 g/mol. The second-order valence-electron chi connectivity index (χ2n) is 7.12. The van der Waals surface area contributed by atoms with E-state index in [1.807, 2.05) is 6.92 Å². The number of para-hydroxylation sites is 2. The van der Waals surface area contributed by atoms with Gasteiger partial charge in [-0.15, -0.1) is 11.3 Å². The van der Waals surface area contributed by atoms with Crippen LogP contribution in [0.1, 0.15) is 30.7 Å². The van der Waals surface area contributed by atoms with Crippen LogP contribution in [0.3, 0.4) is 0 Å². The van der Waals surface area contributed by atoms with Crippen LogP contribution in [0.2, 0.25) is 0 Å². The molecule has 3 aromatic rings. The number of H-pyrrole nitrogens is 1. The predicted molar refractivity (Wildman–Crippen MR) is 121 cm³/mol. The highest BCUT2D eigenvalue weighted by Gasteiger charge is 2.18. The zero-order chi connectivity index (χ0) is 22.5. The number of nitrogens with one attached hydrogen (secondary N) is 2. The second kappa shape index (κ2) is 10.2. The van der Waals surface area contributed by atoms with E-state index in [0.717, 1.165) is 35.0 Å². The number of ether oxygens (including phenoxy) is 1. The summed E-state index contributed by atoms with van der Waals surface area (Å²) in [6.07, 6.45) is 1.85. The van der Waals surface area contributed by atoms with Gasteiger partial charge in [-0.05, 0) is 37.0 Å². The van der Waals surface area contributed by atoms with E-state index < -0.39 is 12.5 Å². The third-order valence-electron chi connectivity index (χ3n) is 4.81. The second-order valence-corrected chi connectivity index (χ2v) is 9.28. The molecule has 166 valence electrons. The Balaban J connectivity index is 1.72. The van der Waals surface area contributed by atoms with Crippen molar-refractivity contribution in [3.05, 3.63) is 45.1 Å². The molecular weight excluding hydrogens is 444 g/mol. The van der Waals surface area contributed by atoms with Gasteiger partial charge in [0.15, 0.2) is 5.16 Å². The molecular formula is C21H23F2N3O3S2. The zero-order valence-electron chi connectivity index (χ0n) is 17.3. The maximum Gasteiger partial charge on any atom is 0.387 e. The Morgan fingerprint density at radius 2 is 2.10 bits per heavy atom. The zero-order valence-corrected chi connectivity index (χ0v) is 19.0. The maximum atomic E-state index is 12.7. The number of fused-ring (bicyclic) bond motifs is 1. The summed E-state index contributed by atoms with van der Waals surface area (Å²) in [5.41, 5.74) is 0.966. The molecule has 1 unspecified atom stereocenters. The number of rotatable bonds is 9. The van der Waals surface area contributed by atoms with Gasteiger partial charge in [0, 0.05) is 4.88 Å². The Morgan fingerprint density at radius 3 is 2.81 bits per heavy atom. The van der Waals surface area contributed by atoms with E-state index in [1.165, 1.54) is 29.5 Å². The minimum atomic E-state index is -2.99. The molecule has 10 heteroatoms. The van der Waals surface area contributed by atoms with E-state index in [9.17, 15) is 18.4 Å². The summed E-state index contributed by atoms with van der Waals surface area (Å²) in [6.45, 7) is 3.27. The van der Waals surface area contributed by atoms with E-state index in [-0.39, 0.29) is 22.7 Å². The fourth-order valence-corrected chi connectivity index (χ4v) is 4.82. The van der Waals surface area contributed by atoms with Gasteiger partial charge in [-0.1, -0.05) is 44.2 Å². The molecule has 0 radical (unpaired) electrons. The molecule has 0 fully saturated rings. The molecule has 2 aromatic heterocycles. The first kappa shape index (κ1) is 23.2. The Bertz CT molecular complexity index is 1130. The molecule has 6 nitrogen and oxygen atoms in total. The number of hydrogen-bond acceptors (Lipinski definition) is 6. The first-order valence-corrected chi connectivity index (χ1v) is 11.6. The molecule has 0 spiro atoms. The number of halogens is 2. The molecule has 1 amide bonds. The number of alkyl halides is 2. The highest BCUT2D eigenvalue weighted by molar-refractivity contribution is 7.99. The Hall–Kier alpha value is -2.46. The summed E-state index contributed by atoms with van der Waals surface area (Å²) < 4.78 is 29.4. The summed E-state index contributed by atoms with van der Waals surface area (Å²) in [5, 5.41) is 3.50. The van der Waals surface area contributed by atoms with Gasteiger partial charge in [0.1, 0.15) is 10.6 Å². The number of aryl methyl sites for hydroxylation is 1. The van der Waals surface area contributed by atoms with E-state index >= 15 is 0 Å². The lowest BCUT2D eigenvalue weighted by Gasteiger charge is -2.11. The topological polar surface area (TPSA) is 84.1 Å². The van der Waals surface area contributed by atoms with E-state index in [0.29, 0.717) is 21.3 Å². The summed E-state index contributed by atoms with van der Waals surface area (Å²) in [7, 11) is 0. The summed E-state index contributed by atoms with van der Waals surface area (Å²) >= 11 is 2.54. The smallest absolute Gasteiger partial charge is 0.387 e. The van der Waals surface area contributed by atoms with Crippen LogP contribution in [0.5, 0.6) is 5.75 Å². The molecule has 3 rings (SSSR count). The molecule has 31 heavy (non-hydrogen) atoms. The lowest BCUT2D eigenvalue weighted by atomic mass is 9.98. The van der Waals surface area contributed by atoms with E-state index in [2.05, 4.69) is 33.9 Å². The highest BCUT2D eigenvalue weighted by atomic mass is 32.2. The van der Waals surface area contributed by atoms with Crippen molar-refractivity contribution >= 4 is 44.9 Å². The first-order chi connectivity index (χ1) is 14.8. The lowest BCUT2D eigenvalue weighted by molar-refractivity contribution is -0.113. The molecule has 0 aliphatic rings. The quantitative estimate of drug-likeness (QED) is 0.333. The van der Waals surface area contributed by atoms with Crippen LogP contribution < -0.4 is 15.6 Å². The third-order valence-corrected chi connectivity index (χ3v) is 6.72. The molecule has 0 saturated carbocycles. The van der Waals surface area contributed by atoms with Gasteiger partial charge in [0.25, 0.3) is 5.56 Å². The van der Waals surface area contributed by atoms with Crippen LogP contribution in [0.4, 0.5) is 14.5 Å². The largest absolute Gasteiger partial charge is 0.433 e. The summed E-state index contributed by atoms with van der Waals surface area (Å²) in [6, 6.07) is 5.95. The van der Waals surface area contributed by atoms with Crippen molar-refractivity contribution in [3.8, 4) is 5.75 Å². The molecule has 2 N–H and O–H groups in total. The number of aromatic amines is 1. The van der Waals surface area contributed by atoms with Crippen molar-refractivity contribution in [2.45, 2.75) is 45.4 Å². The normalized spacial score (nSPS) is 12.3. The van der Waals surface area contributed by atoms with E-state index in [4.69, 9.17) is 0 Å². The van der Waals surface area contributed by atoms with Crippen LogP contribution in [-0.4, -0.2) is 28.2 Å². The number of nitrogens with zero attached hydrogens (tertiary/aromatic N) is 1. The number of thiophene rings is 1. The summed E-state index contributed by atoms with van der Waals surface area (Å²) in [5.74, 6) is -0.142. The predicted octanol–water partition coefficient (Wildman–Crippen LogP) is 5.21. The number of carbonyl (C=O) groups is 1. The van der Waals surface area contributed by atoms with Gasteiger partial charge >= 0.3 is 6.61 Å². The number of anilines is 1. The molecule has 2 heterocycles. The average molecular weight is 468 g/mol. The van der Waals surface area contributed by atoms with Crippen molar-refractivity contribution < 1.29 is 18.3 Å². The average Bonchev–Trinajstić information content (AvgIpc) is 3.03. The van der Waals surface area contributed by atoms with Crippen molar-refractivity contribution in [3.63, 3.8) is 0 Å². The number of hydrogen-bond donors (Lipinski definition) is 2. The maximum absolute atomic E-state index is 12.7. The first-order valence-electron chi connectivity index (χ1n) is 9.77. The standard InChI is InChI=1S/C21H23F2N3O3S2/c1-4-11(2)9-13-12(3)31-19-17(13)18(28)25-21(26-19)30-10-16(27)24-14-7-5-6-8-15(14)29-20(22)23/h5-8,11,20H,4,9-10H2,1-3H3,(H,24,27)(H,25,26,28). The molecule has 0 aliphatic carbocycles.